The Morgan fingerprint density at radius 2 is 2.04 bits per heavy atom. The van der Waals surface area contributed by atoms with Crippen molar-refractivity contribution < 1.29 is 19.4 Å². The van der Waals surface area contributed by atoms with E-state index in [2.05, 4.69) is 10.6 Å². The molecule has 0 aromatic heterocycles. The number of hydrogen-bond donors (Lipinski definition) is 3. The summed E-state index contributed by atoms with van der Waals surface area (Å²) in [5, 5.41) is 14.9. The van der Waals surface area contributed by atoms with Crippen LogP contribution in [0.25, 0.3) is 0 Å². The molecular formula is C17H24N2O4. The maximum atomic E-state index is 12.2. The van der Waals surface area contributed by atoms with E-state index in [1.807, 2.05) is 0 Å². The minimum absolute atomic E-state index is 0.138. The van der Waals surface area contributed by atoms with Crippen LogP contribution in [0.5, 0.6) is 5.75 Å². The molecule has 0 saturated heterocycles. The van der Waals surface area contributed by atoms with Crippen LogP contribution in [0.2, 0.25) is 0 Å². The molecule has 1 aliphatic rings. The van der Waals surface area contributed by atoms with Gasteiger partial charge in [0.15, 0.2) is 0 Å². The molecule has 1 fully saturated rings. The first-order valence-electron chi connectivity index (χ1n) is 8.00. The number of nitrogens with one attached hydrogen (secondary N) is 2. The van der Waals surface area contributed by atoms with Gasteiger partial charge in [0.05, 0.1) is 13.7 Å². The first-order chi connectivity index (χ1) is 11.1. The third-order valence-corrected chi connectivity index (χ3v) is 4.09. The minimum Gasteiger partial charge on any atom is -0.497 e. The summed E-state index contributed by atoms with van der Waals surface area (Å²) in [6.45, 7) is -0.436. The molecule has 1 aliphatic carbocycles. The van der Waals surface area contributed by atoms with Crippen molar-refractivity contribution in [3.05, 3.63) is 29.8 Å². The van der Waals surface area contributed by atoms with E-state index in [1.54, 1.807) is 24.3 Å². The van der Waals surface area contributed by atoms with Gasteiger partial charge in [0, 0.05) is 11.6 Å². The van der Waals surface area contributed by atoms with E-state index in [1.165, 1.54) is 13.5 Å². The molecule has 0 aliphatic heterocycles. The second-order valence-corrected chi connectivity index (χ2v) is 5.78. The molecule has 0 heterocycles. The second-order valence-electron chi connectivity index (χ2n) is 5.78. The van der Waals surface area contributed by atoms with Crippen molar-refractivity contribution in [1.82, 2.24) is 10.6 Å². The molecular weight excluding hydrogens is 296 g/mol. The molecule has 0 bridgehead atoms. The molecule has 1 unspecified atom stereocenters. The average molecular weight is 320 g/mol. The number of amides is 2. The van der Waals surface area contributed by atoms with Crippen molar-refractivity contribution in [2.24, 2.45) is 0 Å². The standard InChI is InChI=1S/C17H24N2O4/c1-23-14-9-5-6-12(10-14)16(21)19-15(11-20)17(22)18-13-7-3-2-4-8-13/h5-6,9-10,13,15,20H,2-4,7-8,11H2,1H3,(H,18,22)(H,19,21). The van der Waals surface area contributed by atoms with Gasteiger partial charge >= 0.3 is 0 Å². The highest BCUT2D eigenvalue weighted by atomic mass is 16.5. The number of rotatable bonds is 6. The maximum Gasteiger partial charge on any atom is 0.252 e. The molecule has 0 spiro atoms. The Labute approximate surface area is 136 Å². The van der Waals surface area contributed by atoms with Crippen molar-refractivity contribution in [3.8, 4) is 5.75 Å². The summed E-state index contributed by atoms with van der Waals surface area (Å²) in [7, 11) is 1.52. The Bertz CT molecular complexity index is 541. The van der Waals surface area contributed by atoms with E-state index in [0.29, 0.717) is 11.3 Å². The second kappa shape index (κ2) is 8.53. The summed E-state index contributed by atoms with van der Waals surface area (Å²) in [6, 6.07) is 5.84. The van der Waals surface area contributed by atoms with Crippen LogP contribution in [-0.2, 0) is 4.79 Å². The fraction of sp³-hybridized carbons (Fsp3) is 0.529. The SMILES string of the molecule is COc1cccc(C(=O)NC(CO)C(=O)NC2CCCCC2)c1. The highest BCUT2D eigenvalue weighted by Crippen LogP contribution is 2.17. The lowest BCUT2D eigenvalue weighted by Crippen LogP contribution is -2.51. The average Bonchev–Trinajstić information content (AvgIpc) is 2.60. The van der Waals surface area contributed by atoms with Gasteiger partial charge in [0.2, 0.25) is 5.91 Å². The Morgan fingerprint density at radius 1 is 1.30 bits per heavy atom. The van der Waals surface area contributed by atoms with Crippen molar-refractivity contribution >= 4 is 11.8 Å². The summed E-state index contributed by atoms with van der Waals surface area (Å²) >= 11 is 0. The number of carbonyl (C=O) groups is 2. The van der Waals surface area contributed by atoms with E-state index < -0.39 is 18.6 Å². The van der Waals surface area contributed by atoms with Crippen LogP contribution in [0.1, 0.15) is 42.5 Å². The number of ether oxygens (including phenoxy) is 1. The quantitative estimate of drug-likeness (QED) is 0.736. The number of aliphatic hydroxyl groups is 1. The van der Waals surface area contributed by atoms with Gasteiger partial charge in [-0.05, 0) is 31.0 Å². The molecule has 6 heteroatoms. The summed E-state index contributed by atoms with van der Waals surface area (Å²) in [5.74, 6) is -0.192. The lowest BCUT2D eigenvalue weighted by molar-refractivity contribution is -0.124. The summed E-state index contributed by atoms with van der Waals surface area (Å²) < 4.78 is 5.08. The van der Waals surface area contributed by atoms with E-state index in [9.17, 15) is 14.7 Å². The lowest BCUT2D eigenvalue weighted by Gasteiger charge is -2.25. The number of methoxy groups -OCH3 is 1. The predicted octanol–water partition coefficient (Wildman–Crippen LogP) is 1.23. The lowest BCUT2D eigenvalue weighted by atomic mass is 9.95. The van der Waals surface area contributed by atoms with Gasteiger partial charge in [-0.15, -0.1) is 0 Å². The van der Waals surface area contributed by atoms with Crippen LogP contribution in [0.15, 0.2) is 24.3 Å². The molecule has 1 aromatic carbocycles. The smallest absolute Gasteiger partial charge is 0.252 e. The van der Waals surface area contributed by atoms with E-state index in [0.717, 1.165) is 25.7 Å². The van der Waals surface area contributed by atoms with Gasteiger partial charge in [-0.25, -0.2) is 0 Å². The van der Waals surface area contributed by atoms with Crippen LogP contribution in [-0.4, -0.2) is 42.7 Å². The van der Waals surface area contributed by atoms with Gasteiger partial charge in [-0.3, -0.25) is 9.59 Å². The zero-order chi connectivity index (χ0) is 16.7. The molecule has 0 radical (unpaired) electrons. The molecule has 126 valence electrons. The van der Waals surface area contributed by atoms with Crippen molar-refractivity contribution in [1.29, 1.82) is 0 Å². The van der Waals surface area contributed by atoms with Crippen molar-refractivity contribution in [3.63, 3.8) is 0 Å². The highest BCUT2D eigenvalue weighted by Gasteiger charge is 2.24. The molecule has 2 rings (SSSR count). The van der Waals surface area contributed by atoms with Crippen molar-refractivity contribution in [2.75, 3.05) is 13.7 Å². The van der Waals surface area contributed by atoms with Gasteiger partial charge in [0.1, 0.15) is 11.8 Å². The molecule has 6 nitrogen and oxygen atoms in total. The van der Waals surface area contributed by atoms with Gasteiger partial charge < -0.3 is 20.5 Å². The highest BCUT2D eigenvalue weighted by molar-refractivity contribution is 5.97. The van der Waals surface area contributed by atoms with E-state index >= 15 is 0 Å². The van der Waals surface area contributed by atoms with E-state index in [4.69, 9.17) is 4.74 Å². The first-order valence-corrected chi connectivity index (χ1v) is 8.00. The summed E-state index contributed by atoms with van der Waals surface area (Å²) in [6.07, 6.45) is 5.31. The number of aliphatic hydroxyl groups excluding tert-OH is 1. The fourth-order valence-electron chi connectivity index (χ4n) is 2.75. The fourth-order valence-corrected chi connectivity index (χ4v) is 2.75. The molecule has 3 N–H and O–H groups in total. The molecule has 23 heavy (non-hydrogen) atoms. The zero-order valence-electron chi connectivity index (χ0n) is 13.4. The third kappa shape index (κ3) is 4.96. The van der Waals surface area contributed by atoms with Crippen LogP contribution in [0.4, 0.5) is 0 Å². The Balaban J connectivity index is 1.94. The zero-order valence-corrected chi connectivity index (χ0v) is 13.4. The Morgan fingerprint density at radius 3 is 2.70 bits per heavy atom. The molecule has 1 saturated carbocycles. The molecule has 1 aromatic rings. The van der Waals surface area contributed by atoms with Crippen LogP contribution in [0, 0.1) is 0 Å². The van der Waals surface area contributed by atoms with Crippen molar-refractivity contribution in [2.45, 2.75) is 44.2 Å². The Hall–Kier alpha value is -2.08. The largest absolute Gasteiger partial charge is 0.497 e. The number of benzene rings is 1. The third-order valence-electron chi connectivity index (χ3n) is 4.09. The topological polar surface area (TPSA) is 87.7 Å². The van der Waals surface area contributed by atoms with E-state index in [-0.39, 0.29) is 11.9 Å². The summed E-state index contributed by atoms with van der Waals surface area (Å²) in [5.41, 5.74) is 0.383. The normalized spacial score (nSPS) is 16.4. The number of carbonyl (C=O) groups excluding carboxylic acids is 2. The van der Waals surface area contributed by atoms with Gasteiger partial charge in [-0.1, -0.05) is 25.3 Å². The maximum absolute atomic E-state index is 12.2. The summed E-state index contributed by atoms with van der Waals surface area (Å²) in [4.78, 5) is 24.4. The monoisotopic (exact) mass is 320 g/mol. The van der Waals surface area contributed by atoms with Crippen LogP contribution in [0.3, 0.4) is 0 Å². The predicted molar refractivity (Wildman–Crippen MR) is 86.3 cm³/mol. The Kier molecular flexibility index (Phi) is 6.40. The number of hydrogen-bond acceptors (Lipinski definition) is 4. The van der Waals surface area contributed by atoms with Gasteiger partial charge in [0.25, 0.3) is 5.91 Å². The first kappa shape index (κ1) is 17.3. The molecule has 2 amide bonds. The van der Waals surface area contributed by atoms with Gasteiger partial charge in [-0.2, -0.15) is 0 Å². The van der Waals surface area contributed by atoms with Crippen LogP contribution < -0.4 is 15.4 Å². The van der Waals surface area contributed by atoms with Crippen LogP contribution >= 0.6 is 0 Å². The minimum atomic E-state index is -0.948. The molecule has 1 atom stereocenters.